The van der Waals surface area contributed by atoms with E-state index in [1.807, 2.05) is 6.07 Å². The Morgan fingerprint density at radius 3 is 2.33 bits per heavy atom. The van der Waals surface area contributed by atoms with Gasteiger partial charge in [0.1, 0.15) is 0 Å². The Morgan fingerprint density at radius 2 is 1.86 bits per heavy atom. The second-order valence-electron chi connectivity index (χ2n) is 6.22. The van der Waals surface area contributed by atoms with E-state index in [9.17, 15) is 0 Å². The van der Waals surface area contributed by atoms with Crippen molar-refractivity contribution in [3.8, 4) is 0 Å². The molecule has 0 fully saturated rings. The van der Waals surface area contributed by atoms with Crippen LogP contribution in [0.15, 0.2) is 30.3 Å². The Hall–Kier alpha value is -1.39. The van der Waals surface area contributed by atoms with E-state index in [1.165, 1.54) is 10.4 Å². The van der Waals surface area contributed by atoms with Gasteiger partial charge in [-0.1, -0.05) is 51.1 Å². The summed E-state index contributed by atoms with van der Waals surface area (Å²) in [7, 11) is 0. The largest absolute Gasteiger partial charge is 0.344 e. The molecule has 2 N–H and O–H groups in total. The molecule has 3 nitrogen and oxygen atoms in total. The summed E-state index contributed by atoms with van der Waals surface area (Å²) in [5, 5.41) is 1.08. The fourth-order valence-electron chi connectivity index (χ4n) is 2.32. The molecule has 1 aromatic heterocycles. The number of anilines is 1. The number of nitrogens with two attached hydrogens (primary N) is 1. The Morgan fingerprint density at radius 1 is 1.19 bits per heavy atom. The Labute approximate surface area is 131 Å². The zero-order valence-electron chi connectivity index (χ0n) is 13.4. The van der Waals surface area contributed by atoms with Crippen LogP contribution in [0.2, 0.25) is 0 Å². The van der Waals surface area contributed by atoms with Crippen LogP contribution < -0.4 is 10.6 Å². The topological polar surface area (TPSA) is 42.2 Å². The van der Waals surface area contributed by atoms with Crippen LogP contribution >= 0.6 is 11.3 Å². The second-order valence-corrected chi connectivity index (χ2v) is 7.28. The van der Waals surface area contributed by atoms with Crippen molar-refractivity contribution in [3.05, 3.63) is 46.5 Å². The van der Waals surface area contributed by atoms with Crippen LogP contribution in [0.25, 0.3) is 0 Å². The van der Waals surface area contributed by atoms with E-state index in [0.717, 1.165) is 23.9 Å². The van der Waals surface area contributed by atoms with Crippen molar-refractivity contribution in [3.63, 3.8) is 0 Å². The van der Waals surface area contributed by atoms with E-state index < -0.39 is 0 Å². The maximum atomic E-state index is 5.91. The van der Waals surface area contributed by atoms with Crippen LogP contribution in [0.3, 0.4) is 0 Å². The fourth-order valence-corrected chi connectivity index (χ4v) is 3.53. The minimum absolute atomic E-state index is 0.0373. The fraction of sp³-hybridized carbons (Fsp3) is 0.471. The molecule has 0 saturated heterocycles. The molecular weight excluding hydrogens is 278 g/mol. The molecule has 114 valence electrons. The van der Waals surface area contributed by atoms with Crippen LogP contribution in [0.5, 0.6) is 0 Å². The highest BCUT2D eigenvalue weighted by molar-refractivity contribution is 7.15. The smallest absolute Gasteiger partial charge is 0.186 e. The molecule has 2 rings (SSSR count). The van der Waals surface area contributed by atoms with Crippen molar-refractivity contribution < 1.29 is 0 Å². The first-order valence-electron chi connectivity index (χ1n) is 7.44. The quantitative estimate of drug-likeness (QED) is 0.910. The molecule has 0 bridgehead atoms. The van der Waals surface area contributed by atoms with Gasteiger partial charge in [0.25, 0.3) is 0 Å². The van der Waals surface area contributed by atoms with Gasteiger partial charge in [-0.05, 0) is 12.5 Å². The molecule has 1 aromatic carbocycles. The van der Waals surface area contributed by atoms with Crippen LogP contribution in [-0.2, 0) is 18.5 Å². The van der Waals surface area contributed by atoms with E-state index in [2.05, 4.69) is 56.9 Å². The summed E-state index contributed by atoms with van der Waals surface area (Å²) in [6.45, 7) is 11.1. The molecular formula is C17H25N3S. The molecule has 0 amide bonds. The van der Waals surface area contributed by atoms with E-state index in [0.29, 0.717) is 6.54 Å². The average Bonchev–Trinajstić information content (AvgIpc) is 2.90. The number of benzene rings is 1. The summed E-state index contributed by atoms with van der Waals surface area (Å²) in [4.78, 5) is 8.40. The first-order chi connectivity index (χ1) is 9.95. The molecule has 0 spiro atoms. The third kappa shape index (κ3) is 3.83. The average molecular weight is 303 g/mol. The molecule has 0 saturated carbocycles. The van der Waals surface area contributed by atoms with Gasteiger partial charge < -0.3 is 10.6 Å². The van der Waals surface area contributed by atoms with Crippen molar-refractivity contribution in [1.29, 1.82) is 0 Å². The monoisotopic (exact) mass is 303 g/mol. The molecule has 1 heterocycles. The Bertz CT molecular complexity index is 569. The molecule has 2 aromatic rings. The lowest BCUT2D eigenvalue weighted by molar-refractivity contribution is 0.565. The number of nitrogens with zero attached hydrogens (tertiary/aromatic N) is 2. The number of aromatic nitrogens is 1. The molecule has 0 radical (unpaired) electrons. The lowest BCUT2D eigenvalue weighted by Crippen LogP contribution is -2.22. The minimum atomic E-state index is 0.0373. The van der Waals surface area contributed by atoms with E-state index in [-0.39, 0.29) is 5.41 Å². The zero-order chi connectivity index (χ0) is 15.5. The zero-order valence-corrected chi connectivity index (χ0v) is 14.2. The number of hydrogen-bond donors (Lipinski definition) is 1. The van der Waals surface area contributed by atoms with Gasteiger partial charge in [-0.15, -0.1) is 11.3 Å². The lowest BCUT2D eigenvalue weighted by Gasteiger charge is -2.20. The van der Waals surface area contributed by atoms with Crippen molar-refractivity contribution in [2.24, 2.45) is 5.73 Å². The maximum Gasteiger partial charge on any atom is 0.186 e. The molecule has 0 aliphatic carbocycles. The highest BCUT2D eigenvalue weighted by Gasteiger charge is 2.24. The predicted molar refractivity (Wildman–Crippen MR) is 91.9 cm³/mol. The SMILES string of the molecule is CCN(Cc1ccccc1)c1nc(C(C)(C)C)c(CN)s1. The van der Waals surface area contributed by atoms with Crippen molar-refractivity contribution >= 4 is 16.5 Å². The third-order valence-electron chi connectivity index (χ3n) is 3.45. The van der Waals surface area contributed by atoms with Gasteiger partial charge in [-0.25, -0.2) is 4.98 Å². The molecule has 0 aliphatic rings. The van der Waals surface area contributed by atoms with Crippen molar-refractivity contribution in [2.75, 3.05) is 11.4 Å². The second kappa shape index (κ2) is 6.58. The minimum Gasteiger partial charge on any atom is -0.344 e. The van der Waals surface area contributed by atoms with Crippen LogP contribution in [0.1, 0.15) is 43.8 Å². The summed E-state index contributed by atoms with van der Waals surface area (Å²) >= 11 is 1.73. The van der Waals surface area contributed by atoms with Gasteiger partial charge in [0.05, 0.1) is 5.69 Å². The highest BCUT2D eigenvalue weighted by atomic mass is 32.1. The van der Waals surface area contributed by atoms with Crippen LogP contribution in [0.4, 0.5) is 5.13 Å². The normalized spacial score (nSPS) is 11.7. The predicted octanol–water partition coefficient (Wildman–Crippen LogP) is 3.93. The Balaban J connectivity index is 2.28. The first-order valence-corrected chi connectivity index (χ1v) is 8.26. The molecule has 4 heteroatoms. The summed E-state index contributed by atoms with van der Waals surface area (Å²) in [6, 6.07) is 10.5. The van der Waals surface area contributed by atoms with Crippen molar-refractivity contribution in [2.45, 2.75) is 46.2 Å². The third-order valence-corrected chi connectivity index (χ3v) is 4.59. The molecule has 0 unspecified atom stereocenters. The summed E-state index contributed by atoms with van der Waals surface area (Å²) in [5.41, 5.74) is 8.39. The van der Waals surface area contributed by atoms with Gasteiger partial charge in [0.15, 0.2) is 5.13 Å². The summed E-state index contributed by atoms with van der Waals surface area (Å²) in [6.07, 6.45) is 0. The number of rotatable bonds is 5. The Kier molecular flexibility index (Phi) is 5.01. The van der Waals surface area contributed by atoms with E-state index in [4.69, 9.17) is 10.7 Å². The molecule has 0 atom stereocenters. The van der Waals surface area contributed by atoms with Gasteiger partial charge in [0.2, 0.25) is 0 Å². The van der Waals surface area contributed by atoms with Gasteiger partial charge >= 0.3 is 0 Å². The van der Waals surface area contributed by atoms with Crippen LogP contribution in [0, 0.1) is 0 Å². The first kappa shape index (κ1) is 16.0. The van der Waals surface area contributed by atoms with Crippen LogP contribution in [-0.4, -0.2) is 11.5 Å². The summed E-state index contributed by atoms with van der Waals surface area (Å²) in [5.74, 6) is 0. The highest BCUT2D eigenvalue weighted by Crippen LogP contribution is 2.34. The molecule has 0 aliphatic heterocycles. The maximum absolute atomic E-state index is 5.91. The number of thiazole rings is 1. The van der Waals surface area contributed by atoms with Crippen molar-refractivity contribution in [1.82, 2.24) is 4.98 Å². The van der Waals surface area contributed by atoms with E-state index in [1.54, 1.807) is 11.3 Å². The van der Waals surface area contributed by atoms with Gasteiger partial charge in [0, 0.05) is 29.9 Å². The van der Waals surface area contributed by atoms with Gasteiger partial charge in [-0.3, -0.25) is 0 Å². The number of hydrogen-bond acceptors (Lipinski definition) is 4. The molecule has 21 heavy (non-hydrogen) atoms. The van der Waals surface area contributed by atoms with E-state index >= 15 is 0 Å². The standard InChI is InChI=1S/C17H25N3S/c1-5-20(12-13-9-7-6-8-10-13)16-19-15(17(2,3)4)14(11-18)21-16/h6-10H,5,11-12,18H2,1-4H3. The van der Waals surface area contributed by atoms with Gasteiger partial charge in [-0.2, -0.15) is 0 Å². The lowest BCUT2D eigenvalue weighted by atomic mass is 9.91. The summed E-state index contributed by atoms with van der Waals surface area (Å²) < 4.78 is 0.